The predicted molar refractivity (Wildman–Crippen MR) is 108 cm³/mol. The molecule has 0 radical (unpaired) electrons. The van der Waals surface area contributed by atoms with E-state index in [0.717, 1.165) is 16.0 Å². The van der Waals surface area contributed by atoms with Gasteiger partial charge in [0.25, 0.3) is 5.91 Å². The summed E-state index contributed by atoms with van der Waals surface area (Å²) in [6, 6.07) is 8.64. The Labute approximate surface area is 168 Å². The first kappa shape index (κ1) is 19.9. The van der Waals surface area contributed by atoms with Gasteiger partial charge in [-0.3, -0.25) is 19.3 Å². The molecule has 146 valence electrons. The van der Waals surface area contributed by atoms with Crippen LogP contribution in [0.3, 0.4) is 0 Å². The van der Waals surface area contributed by atoms with E-state index >= 15 is 0 Å². The van der Waals surface area contributed by atoms with Crippen LogP contribution in [-0.2, 0) is 20.8 Å². The van der Waals surface area contributed by atoms with E-state index in [1.165, 1.54) is 6.21 Å². The van der Waals surface area contributed by atoms with Crippen molar-refractivity contribution in [2.24, 2.45) is 4.99 Å². The zero-order valence-corrected chi connectivity index (χ0v) is 16.0. The highest BCUT2D eigenvalue weighted by molar-refractivity contribution is 7.81. The Morgan fingerprint density at radius 1 is 1.32 bits per heavy atom. The van der Waals surface area contributed by atoms with Crippen LogP contribution in [0.25, 0.3) is 0 Å². The van der Waals surface area contributed by atoms with E-state index in [-0.39, 0.29) is 5.91 Å². The lowest BCUT2D eigenvalue weighted by Gasteiger charge is -2.33. The molecule has 0 saturated heterocycles. The van der Waals surface area contributed by atoms with Gasteiger partial charge in [-0.15, -0.1) is 0 Å². The summed E-state index contributed by atoms with van der Waals surface area (Å²) in [5.41, 5.74) is 1.78. The van der Waals surface area contributed by atoms with Crippen molar-refractivity contribution in [2.45, 2.75) is 30.6 Å². The van der Waals surface area contributed by atoms with Crippen LogP contribution in [0.1, 0.15) is 18.4 Å². The molecule has 8 heteroatoms. The summed E-state index contributed by atoms with van der Waals surface area (Å²) in [5.74, 6) is -1.63. The van der Waals surface area contributed by atoms with E-state index < -0.39 is 29.7 Å². The Bertz CT molecular complexity index is 863. The minimum absolute atomic E-state index is 0.295. The number of nitrogens with zero attached hydrogens (tertiary/aromatic N) is 2. The highest BCUT2D eigenvalue weighted by Gasteiger charge is 2.37. The van der Waals surface area contributed by atoms with Crippen molar-refractivity contribution in [3.63, 3.8) is 0 Å². The fraction of sp³-hybridized carbons (Fsp3) is 0.300. The number of aliphatic carboxylic acids is 1. The molecular weight excluding hydrogens is 378 g/mol. The number of amides is 2. The monoisotopic (exact) mass is 399 g/mol. The number of allylic oxidation sites excluding steroid dienone is 2. The van der Waals surface area contributed by atoms with Gasteiger partial charge in [-0.05, 0) is 30.1 Å². The largest absolute Gasteiger partial charge is 0.480 e. The highest BCUT2D eigenvalue weighted by atomic mass is 32.1. The van der Waals surface area contributed by atoms with Crippen LogP contribution in [0, 0.1) is 0 Å². The molecule has 0 saturated carbocycles. The summed E-state index contributed by atoms with van der Waals surface area (Å²) in [6.07, 6.45) is 6.43. The molecular formula is C20H21N3O4S. The van der Waals surface area contributed by atoms with Crippen molar-refractivity contribution in [1.82, 2.24) is 10.2 Å². The van der Waals surface area contributed by atoms with E-state index in [2.05, 4.69) is 22.9 Å². The minimum Gasteiger partial charge on any atom is -0.480 e. The average Bonchev–Trinajstić information content (AvgIpc) is 2.91. The molecule has 2 heterocycles. The van der Waals surface area contributed by atoms with Crippen molar-refractivity contribution in [1.29, 1.82) is 0 Å². The number of carboxylic acids is 1. The maximum Gasteiger partial charge on any atom is 0.323 e. The molecule has 0 fully saturated rings. The first-order valence-electron chi connectivity index (χ1n) is 8.92. The van der Waals surface area contributed by atoms with Crippen molar-refractivity contribution in [3.05, 3.63) is 59.4 Å². The second-order valence-corrected chi connectivity index (χ2v) is 7.25. The van der Waals surface area contributed by atoms with Crippen LogP contribution in [-0.4, -0.2) is 51.8 Å². The molecule has 2 N–H and O–H groups in total. The second-order valence-electron chi connectivity index (χ2n) is 6.63. The standard InChI is InChI=1S/C20H21N3O4S/c24-17(25)12-23-18-14(8-4-5-9-21-18)11-15(20(23)27)22-19(26)16(28)10-13-6-2-1-3-7-13/h1-7,9,15-16,28H,8,10-12H2,(H,22,26)(H,24,25)/t15?,16-/m0/s1. The van der Waals surface area contributed by atoms with Crippen molar-refractivity contribution >= 4 is 36.6 Å². The maximum absolute atomic E-state index is 12.8. The first-order chi connectivity index (χ1) is 13.5. The number of carboxylic acid groups (broad SMARTS) is 1. The Kier molecular flexibility index (Phi) is 6.30. The summed E-state index contributed by atoms with van der Waals surface area (Å²) < 4.78 is 0. The molecule has 1 unspecified atom stereocenters. The van der Waals surface area contributed by atoms with Gasteiger partial charge in [-0.25, -0.2) is 4.99 Å². The van der Waals surface area contributed by atoms with Crippen molar-refractivity contribution in [3.8, 4) is 0 Å². The van der Waals surface area contributed by atoms with E-state index in [9.17, 15) is 19.5 Å². The number of carbonyl (C=O) groups excluding carboxylic acids is 2. The van der Waals surface area contributed by atoms with E-state index in [1.54, 1.807) is 6.08 Å². The van der Waals surface area contributed by atoms with Gasteiger partial charge in [0.2, 0.25) is 5.91 Å². The first-order valence-corrected chi connectivity index (χ1v) is 9.44. The number of aliphatic imine (C=N–C) groups is 1. The maximum atomic E-state index is 12.8. The van der Waals surface area contributed by atoms with Crippen LogP contribution < -0.4 is 5.32 Å². The van der Waals surface area contributed by atoms with Crippen molar-refractivity contribution in [2.75, 3.05) is 6.54 Å². The summed E-state index contributed by atoms with van der Waals surface area (Å²) >= 11 is 4.38. The molecule has 7 nitrogen and oxygen atoms in total. The highest BCUT2D eigenvalue weighted by Crippen LogP contribution is 2.28. The molecule has 0 spiro atoms. The molecule has 28 heavy (non-hydrogen) atoms. The second kappa shape index (κ2) is 8.88. The van der Waals surface area contributed by atoms with Crippen LogP contribution >= 0.6 is 12.6 Å². The number of hydrogen-bond acceptors (Lipinski definition) is 5. The Hall–Kier alpha value is -2.87. The normalized spacial score (nSPS) is 19.8. The Morgan fingerprint density at radius 3 is 2.79 bits per heavy atom. The molecule has 2 aliphatic rings. The molecule has 2 atom stereocenters. The lowest BCUT2D eigenvalue weighted by molar-refractivity contribution is -0.144. The average molecular weight is 399 g/mol. The fourth-order valence-electron chi connectivity index (χ4n) is 3.23. The fourth-order valence-corrected chi connectivity index (χ4v) is 3.51. The van der Waals surface area contributed by atoms with E-state index in [0.29, 0.717) is 25.1 Å². The molecule has 2 aliphatic heterocycles. The third-order valence-corrected chi connectivity index (χ3v) is 4.97. The van der Waals surface area contributed by atoms with E-state index in [1.807, 2.05) is 36.4 Å². The Balaban J connectivity index is 1.74. The van der Waals surface area contributed by atoms with Gasteiger partial charge in [0, 0.05) is 12.6 Å². The quantitative estimate of drug-likeness (QED) is 0.633. The van der Waals surface area contributed by atoms with Crippen molar-refractivity contribution < 1.29 is 19.5 Å². The summed E-state index contributed by atoms with van der Waals surface area (Å²) in [7, 11) is 0. The molecule has 0 aliphatic carbocycles. The molecule has 0 aromatic heterocycles. The van der Waals surface area contributed by atoms with Crippen LogP contribution in [0.4, 0.5) is 0 Å². The summed E-state index contributed by atoms with van der Waals surface area (Å²) in [6.45, 7) is -0.504. The molecule has 0 bridgehead atoms. The number of nitrogens with one attached hydrogen (secondary N) is 1. The number of rotatable bonds is 6. The number of benzene rings is 1. The van der Waals surface area contributed by atoms with Gasteiger partial charge in [0.15, 0.2) is 0 Å². The lowest BCUT2D eigenvalue weighted by atomic mass is 9.97. The lowest BCUT2D eigenvalue weighted by Crippen LogP contribution is -2.53. The predicted octanol–water partition coefficient (Wildman–Crippen LogP) is 1.57. The third-order valence-electron chi connectivity index (χ3n) is 4.55. The number of carbonyl (C=O) groups is 3. The minimum atomic E-state index is -1.14. The molecule has 2 amide bonds. The van der Waals surface area contributed by atoms with Gasteiger partial charge in [0.1, 0.15) is 18.4 Å². The molecule has 1 aromatic rings. The van der Waals surface area contributed by atoms with Crippen LogP contribution in [0.5, 0.6) is 0 Å². The molecule has 1 aromatic carbocycles. The topological polar surface area (TPSA) is 99.1 Å². The van der Waals surface area contributed by atoms with Gasteiger partial charge in [-0.2, -0.15) is 12.6 Å². The van der Waals surface area contributed by atoms with Gasteiger partial charge < -0.3 is 10.4 Å². The molecule has 3 rings (SSSR count). The van der Waals surface area contributed by atoms with E-state index in [4.69, 9.17) is 0 Å². The van der Waals surface area contributed by atoms with Crippen LogP contribution in [0.2, 0.25) is 0 Å². The Morgan fingerprint density at radius 2 is 2.07 bits per heavy atom. The number of thiol groups is 1. The zero-order chi connectivity index (χ0) is 20.1. The number of hydrogen-bond donors (Lipinski definition) is 3. The zero-order valence-electron chi connectivity index (χ0n) is 15.1. The third kappa shape index (κ3) is 4.69. The van der Waals surface area contributed by atoms with Gasteiger partial charge in [-0.1, -0.05) is 36.4 Å². The summed E-state index contributed by atoms with van der Waals surface area (Å²) in [4.78, 5) is 42.0. The van der Waals surface area contributed by atoms with Gasteiger partial charge >= 0.3 is 5.97 Å². The van der Waals surface area contributed by atoms with Gasteiger partial charge in [0.05, 0.1) is 5.25 Å². The van der Waals surface area contributed by atoms with Crippen LogP contribution in [0.15, 0.2) is 58.9 Å². The summed E-state index contributed by atoms with van der Waals surface area (Å²) in [5, 5.41) is 11.3. The SMILES string of the molecule is O=C(O)CN1C(=O)C(NC(=O)[C@@H](S)Cc2ccccc2)CC2=C1N=CC=CC2. The smallest absolute Gasteiger partial charge is 0.323 e.